The highest BCUT2D eigenvalue weighted by atomic mass is 16.5. The summed E-state index contributed by atoms with van der Waals surface area (Å²) >= 11 is 0. The maximum atomic E-state index is 12.1. The number of rotatable bonds is 9. The number of ether oxygens (including phenoxy) is 1. The largest absolute Gasteiger partial charge is 0.484 e. The summed E-state index contributed by atoms with van der Waals surface area (Å²) < 4.78 is 7.76. The number of benzene rings is 2. The van der Waals surface area contributed by atoms with Gasteiger partial charge in [0.15, 0.2) is 6.61 Å². The normalized spacial score (nSPS) is 11.1. The van der Waals surface area contributed by atoms with Gasteiger partial charge in [0.05, 0.1) is 11.0 Å². The van der Waals surface area contributed by atoms with E-state index in [1.54, 1.807) is 0 Å². The fourth-order valence-electron chi connectivity index (χ4n) is 3.01. The first-order chi connectivity index (χ1) is 13.5. The molecule has 28 heavy (non-hydrogen) atoms. The number of amides is 1. The topological polar surface area (TPSA) is 59.4 Å². The Labute approximate surface area is 166 Å². The molecule has 0 aliphatic rings. The van der Waals surface area contributed by atoms with Gasteiger partial charge in [0.25, 0.3) is 5.91 Å². The first-order valence-corrected chi connectivity index (χ1v) is 9.58. The van der Waals surface area contributed by atoms with Crippen LogP contribution in [0.15, 0.2) is 48.5 Å². The van der Waals surface area contributed by atoms with Crippen LogP contribution in [0.25, 0.3) is 11.0 Å². The Balaban J connectivity index is 1.54. The Kier molecular flexibility index (Phi) is 6.66. The van der Waals surface area contributed by atoms with Crippen LogP contribution in [-0.2, 0) is 17.8 Å². The lowest BCUT2D eigenvalue weighted by Crippen LogP contribution is -2.31. The molecule has 0 saturated carbocycles. The molecule has 148 valence electrons. The van der Waals surface area contributed by atoms with Gasteiger partial charge in [0.2, 0.25) is 0 Å². The van der Waals surface area contributed by atoms with E-state index in [0.29, 0.717) is 18.7 Å². The SMILES string of the molecule is Cc1ccc(OCC(=O)NCCc2nc3ccccc3n2CCN(C)C)cc1. The number of carbonyl (C=O) groups is 1. The van der Waals surface area contributed by atoms with E-state index < -0.39 is 0 Å². The number of aromatic nitrogens is 2. The summed E-state index contributed by atoms with van der Waals surface area (Å²) in [5, 5.41) is 2.92. The molecule has 1 aromatic heterocycles. The van der Waals surface area contributed by atoms with Crippen molar-refractivity contribution in [3.05, 3.63) is 59.9 Å². The smallest absolute Gasteiger partial charge is 0.257 e. The highest BCUT2D eigenvalue weighted by Crippen LogP contribution is 2.16. The van der Waals surface area contributed by atoms with E-state index in [-0.39, 0.29) is 12.5 Å². The van der Waals surface area contributed by atoms with Crippen LogP contribution in [0.2, 0.25) is 0 Å². The molecule has 2 aromatic carbocycles. The van der Waals surface area contributed by atoms with Crippen molar-refractivity contribution in [3.63, 3.8) is 0 Å². The third-order valence-corrected chi connectivity index (χ3v) is 4.57. The highest BCUT2D eigenvalue weighted by Gasteiger charge is 2.11. The van der Waals surface area contributed by atoms with E-state index in [4.69, 9.17) is 9.72 Å². The fraction of sp³-hybridized carbons (Fsp3) is 0.364. The molecule has 0 aliphatic heterocycles. The van der Waals surface area contributed by atoms with Crippen molar-refractivity contribution < 1.29 is 9.53 Å². The van der Waals surface area contributed by atoms with Gasteiger partial charge in [-0.15, -0.1) is 0 Å². The van der Waals surface area contributed by atoms with Gasteiger partial charge in [0, 0.05) is 26.1 Å². The molecule has 0 fully saturated rings. The van der Waals surface area contributed by atoms with Gasteiger partial charge in [-0.05, 0) is 45.3 Å². The summed E-state index contributed by atoms with van der Waals surface area (Å²) in [5.41, 5.74) is 3.28. The molecule has 0 spiro atoms. The van der Waals surface area contributed by atoms with Gasteiger partial charge in [-0.3, -0.25) is 4.79 Å². The van der Waals surface area contributed by atoms with Gasteiger partial charge < -0.3 is 19.5 Å². The minimum atomic E-state index is -0.128. The van der Waals surface area contributed by atoms with E-state index in [1.165, 1.54) is 0 Å². The van der Waals surface area contributed by atoms with Gasteiger partial charge in [-0.25, -0.2) is 4.98 Å². The summed E-state index contributed by atoms with van der Waals surface area (Å²) in [6.45, 7) is 4.36. The Morgan fingerprint density at radius 2 is 1.89 bits per heavy atom. The zero-order chi connectivity index (χ0) is 19.9. The molecule has 6 nitrogen and oxygen atoms in total. The van der Waals surface area contributed by atoms with Crippen molar-refractivity contribution in [1.29, 1.82) is 0 Å². The molecule has 6 heteroatoms. The van der Waals surface area contributed by atoms with Crippen molar-refractivity contribution in [2.45, 2.75) is 19.9 Å². The summed E-state index contributed by atoms with van der Waals surface area (Å²) in [6, 6.07) is 15.8. The second-order valence-electron chi connectivity index (χ2n) is 7.17. The predicted octanol–water partition coefficient (Wildman–Crippen LogP) is 2.64. The second kappa shape index (κ2) is 9.37. The first-order valence-electron chi connectivity index (χ1n) is 9.58. The van der Waals surface area contributed by atoms with E-state index >= 15 is 0 Å². The first kappa shape index (κ1) is 19.9. The fourth-order valence-corrected chi connectivity index (χ4v) is 3.01. The number of hydrogen-bond donors (Lipinski definition) is 1. The van der Waals surface area contributed by atoms with Crippen LogP contribution in [-0.4, -0.2) is 54.1 Å². The van der Waals surface area contributed by atoms with E-state index in [0.717, 1.165) is 35.5 Å². The summed E-state index contributed by atoms with van der Waals surface area (Å²) in [7, 11) is 4.13. The molecule has 0 bridgehead atoms. The van der Waals surface area contributed by atoms with Gasteiger partial charge in [0.1, 0.15) is 11.6 Å². The van der Waals surface area contributed by atoms with Crippen molar-refractivity contribution in [3.8, 4) is 5.75 Å². The molecule has 1 heterocycles. The molecular weight excluding hydrogens is 352 g/mol. The van der Waals surface area contributed by atoms with E-state index in [9.17, 15) is 4.79 Å². The van der Waals surface area contributed by atoms with Crippen LogP contribution < -0.4 is 10.1 Å². The number of fused-ring (bicyclic) bond motifs is 1. The lowest BCUT2D eigenvalue weighted by atomic mass is 10.2. The lowest BCUT2D eigenvalue weighted by molar-refractivity contribution is -0.123. The number of nitrogens with zero attached hydrogens (tertiary/aromatic N) is 3. The number of aryl methyl sites for hydroxylation is 1. The minimum absolute atomic E-state index is 0.0140. The van der Waals surface area contributed by atoms with Crippen LogP contribution in [0.5, 0.6) is 5.75 Å². The quantitative estimate of drug-likeness (QED) is 0.620. The zero-order valence-corrected chi connectivity index (χ0v) is 16.8. The average molecular weight is 380 g/mol. The molecule has 3 aromatic rings. The van der Waals surface area contributed by atoms with Crippen molar-refractivity contribution in [2.75, 3.05) is 33.8 Å². The molecule has 1 N–H and O–H groups in total. The van der Waals surface area contributed by atoms with E-state index in [2.05, 4.69) is 34.9 Å². The number of para-hydroxylation sites is 2. The monoisotopic (exact) mass is 380 g/mol. The van der Waals surface area contributed by atoms with E-state index in [1.807, 2.05) is 49.4 Å². The Morgan fingerprint density at radius 1 is 1.14 bits per heavy atom. The van der Waals surface area contributed by atoms with Crippen molar-refractivity contribution >= 4 is 16.9 Å². The molecule has 0 atom stereocenters. The number of carbonyl (C=O) groups excluding carboxylic acids is 1. The summed E-state index contributed by atoms with van der Waals surface area (Å²) in [6.07, 6.45) is 0.679. The standard InChI is InChI=1S/C22H28N4O2/c1-17-8-10-18(11-9-17)28-16-22(27)23-13-12-21-24-19-6-4-5-7-20(19)26(21)15-14-25(2)3/h4-11H,12-16H2,1-3H3,(H,23,27). The summed E-state index contributed by atoms with van der Waals surface area (Å²) in [4.78, 5) is 19.0. The lowest BCUT2D eigenvalue weighted by Gasteiger charge is -2.13. The molecule has 0 unspecified atom stereocenters. The zero-order valence-electron chi connectivity index (χ0n) is 16.8. The van der Waals surface area contributed by atoms with Gasteiger partial charge >= 0.3 is 0 Å². The predicted molar refractivity (Wildman–Crippen MR) is 112 cm³/mol. The van der Waals surface area contributed by atoms with Crippen LogP contribution in [0.4, 0.5) is 0 Å². The maximum absolute atomic E-state index is 12.1. The molecule has 3 rings (SSSR count). The number of imidazole rings is 1. The summed E-state index contributed by atoms with van der Waals surface area (Å²) in [5.74, 6) is 1.56. The Bertz CT molecular complexity index is 916. The minimum Gasteiger partial charge on any atom is -0.484 e. The third kappa shape index (κ3) is 5.33. The van der Waals surface area contributed by atoms with Crippen LogP contribution in [0.3, 0.4) is 0 Å². The maximum Gasteiger partial charge on any atom is 0.257 e. The molecular formula is C22H28N4O2. The number of hydrogen-bond acceptors (Lipinski definition) is 4. The Hall–Kier alpha value is -2.86. The van der Waals surface area contributed by atoms with Gasteiger partial charge in [-0.2, -0.15) is 0 Å². The van der Waals surface area contributed by atoms with Gasteiger partial charge in [-0.1, -0.05) is 29.8 Å². The van der Waals surface area contributed by atoms with Crippen molar-refractivity contribution in [1.82, 2.24) is 19.8 Å². The number of likely N-dealkylation sites (N-methyl/N-ethyl adjacent to an activating group) is 1. The molecule has 0 saturated heterocycles. The van der Waals surface area contributed by atoms with Crippen molar-refractivity contribution in [2.24, 2.45) is 0 Å². The average Bonchev–Trinajstić information content (AvgIpc) is 3.03. The molecule has 1 amide bonds. The molecule has 0 aliphatic carbocycles. The Morgan fingerprint density at radius 3 is 2.64 bits per heavy atom. The number of nitrogens with one attached hydrogen (secondary N) is 1. The third-order valence-electron chi connectivity index (χ3n) is 4.57. The van der Waals surface area contributed by atoms with Crippen LogP contribution in [0, 0.1) is 6.92 Å². The highest BCUT2D eigenvalue weighted by molar-refractivity contribution is 5.77. The second-order valence-corrected chi connectivity index (χ2v) is 7.17. The van der Waals surface area contributed by atoms with Crippen LogP contribution in [0.1, 0.15) is 11.4 Å². The molecule has 0 radical (unpaired) electrons. The van der Waals surface area contributed by atoms with Crippen LogP contribution >= 0.6 is 0 Å².